The third-order valence-electron chi connectivity index (χ3n) is 7.49. The summed E-state index contributed by atoms with van der Waals surface area (Å²) in [5.74, 6) is 0. The van der Waals surface area contributed by atoms with Gasteiger partial charge in [0.05, 0.1) is 22.1 Å². The summed E-state index contributed by atoms with van der Waals surface area (Å²) in [5, 5.41) is 7.61. The highest BCUT2D eigenvalue weighted by Crippen LogP contribution is 2.37. The molecule has 0 bridgehead atoms. The molecule has 8 rings (SSSR count). The lowest BCUT2D eigenvalue weighted by Gasteiger charge is -2.12. The Labute approximate surface area is 208 Å². The quantitative estimate of drug-likeness (QED) is 0.244. The summed E-state index contributed by atoms with van der Waals surface area (Å²) in [6.45, 7) is 0. The van der Waals surface area contributed by atoms with Crippen molar-refractivity contribution >= 4 is 54.4 Å². The first-order valence-electron chi connectivity index (χ1n) is 12.4. The minimum absolute atomic E-state index is 1.17. The maximum Gasteiger partial charge on any atom is 0.0561 e. The second-order valence-electron chi connectivity index (χ2n) is 9.46. The van der Waals surface area contributed by atoms with Gasteiger partial charge in [-0.3, -0.25) is 0 Å². The van der Waals surface area contributed by atoms with Gasteiger partial charge < -0.3 is 9.13 Å². The van der Waals surface area contributed by atoms with E-state index in [1.54, 1.807) is 0 Å². The molecule has 6 aromatic carbocycles. The van der Waals surface area contributed by atoms with Crippen LogP contribution in [0.5, 0.6) is 0 Å². The standard InChI is InChI=1S/C34H22N2/c1-2-10-24-21-25(18-17-23(24)9-1)36-33-16-8-5-13-29(33)30-20-19-26(22-34(30)36)35-31-14-6-3-11-27(31)28-12-4-7-15-32(28)35/h1-22H. The Bertz CT molecular complexity index is 2050. The first-order chi connectivity index (χ1) is 17.9. The third-order valence-corrected chi connectivity index (χ3v) is 7.49. The van der Waals surface area contributed by atoms with Crippen LogP contribution in [0.15, 0.2) is 133 Å². The molecule has 8 aromatic rings. The number of rotatable bonds is 2. The first-order valence-corrected chi connectivity index (χ1v) is 12.4. The number of hydrogen-bond acceptors (Lipinski definition) is 0. The van der Waals surface area contributed by atoms with E-state index >= 15 is 0 Å². The number of aromatic nitrogens is 2. The second-order valence-corrected chi connectivity index (χ2v) is 9.46. The van der Waals surface area contributed by atoms with E-state index in [0.717, 1.165) is 0 Å². The van der Waals surface area contributed by atoms with Crippen LogP contribution in [-0.2, 0) is 0 Å². The van der Waals surface area contributed by atoms with Crippen molar-refractivity contribution in [3.8, 4) is 11.4 Å². The molecule has 0 atom stereocenters. The predicted molar refractivity (Wildman–Crippen MR) is 153 cm³/mol. The molecule has 0 unspecified atom stereocenters. The summed E-state index contributed by atoms with van der Waals surface area (Å²) in [4.78, 5) is 0. The number of nitrogens with zero attached hydrogens (tertiary/aromatic N) is 2. The van der Waals surface area contributed by atoms with Crippen LogP contribution in [0.4, 0.5) is 0 Å². The van der Waals surface area contributed by atoms with E-state index in [2.05, 4.69) is 143 Å². The van der Waals surface area contributed by atoms with Gasteiger partial charge in [-0.25, -0.2) is 0 Å². The van der Waals surface area contributed by atoms with Crippen LogP contribution in [0, 0.1) is 0 Å². The summed E-state index contributed by atoms with van der Waals surface area (Å²) < 4.78 is 4.81. The molecular weight excluding hydrogens is 436 g/mol. The summed E-state index contributed by atoms with van der Waals surface area (Å²) in [6, 6.07) is 48.3. The molecule has 2 heteroatoms. The first kappa shape index (κ1) is 19.5. The summed E-state index contributed by atoms with van der Waals surface area (Å²) in [6.07, 6.45) is 0. The van der Waals surface area contributed by atoms with Gasteiger partial charge in [0.25, 0.3) is 0 Å². The van der Waals surface area contributed by atoms with Crippen LogP contribution in [0.2, 0.25) is 0 Å². The van der Waals surface area contributed by atoms with Gasteiger partial charge in [0.2, 0.25) is 0 Å². The molecule has 0 saturated carbocycles. The van der Waals surface area contributed by atoms with Gasteiger partial charge in [0.15, 0.2) is 0 Å². The zero-order valence-corrected chi connectivity index (χ0v) is 19.6. The maximum atomic E-state index is 2.41. The highest BCUT2D eigenvalue weighted by atomic mass is 15.0. The molecule has 0 fully saturated rings. The molecule has 2 nitrogen and oxygen atoms in total. The number of benzene rings is 6. The molecule has 0 aliphatic heterocycles. The Kier molecular flexibility index (Phi) is 3.97. The van der Waals surface area contributed by atoms with Crippen LogP contribution in [0.1, 0.15) is 0 Å². The minimum atomic E-state index is 1.17. The van der Waals surface area contributed by atoms with E-state index in [-0.39, 0.29) is 0 Å². The lowest BCUT2D eigenvalue weighted by Crippen LogP contribution is -1.97. The van der Waals surface area contributed by atoms with E-state index in [4.69, 9.17) is 0 Å². The van der Waals surface area contributed by atoms with Gasteiger partial charge in [-0.2, -0.15) is 0 Å². The molecular formula is C34H22N2. The Hall–Kier alpha value is -4.82. The SMILES string of the molecule is c1ccc2cc(-n3c4ccccc4c4ccc(-n5c6ccccc6c6ccccc65)cc43)ccc2c1. The number of fused-ring (bicyclic) bond motifs is 7. The fourth-order valence-electron chi connectivity index (χ4n) is 5.89. The molecule has 0 radical (unpaired) electrons. The zero-order valence-electron chi connectivity index (χ0n) is 19.6. The van der Waals surface area contributed by atoms with Gasteiger partial charge in [0, 0.05) is 32.9 Å². The van der Waals surface area contributed by atoms with Crippen LogP contribution in [0.3, 0.4) is 0 Å². The van der Waals surface area contributed by atoms with E-state index in [0.29, 0.717) is 0 Å². The molecule has 168 valence electrons. The molecule has 0 saturated heterocycles. The van der Waals surface area contributed by atoms with Crippen molar-refractivity contribution in [1.29, 1.82) is 0 Å². The van der Waals surface area contributed by atoms with Crippen molar-refractivity contribution in [2.75, 3.05) is 0 Å². The van der Waals surface area contributed by atoms with Gasteiger partial charge in [-0.1, -0.05) is 91.0 Å². The Morgan fingerprint density at radius 3 is 1.39 bits per heavy atom. The second kappa shape index (κ2) is 7.34. The van der Waals surface area contributed by atoms with E-state index < -0.39 is 0 Å². The normalized spacial score (nSPS) is 11.9. The van der Waals surface area contributed by atoms with Crippen molar-refractivity contribution in [3.05, 3.63) is 133 Å². The van der Waals surface area contributed by atoms with Gasteiger partial charge in [-0.05, 0) is 53.2 Å². The van der Waals surface area contributed by atoms with Crippen LogP contribution < -0.4 is 0 Å². The average Bonchev–Trinajstić information content (AvgIpc) is 3.45. The Balaban J connectivity index is 1.48. The molecule has 0 amide bonds. The molecule has 2 aromatic heterocycles. The molecule has 0 spiro atoms. The maximum absolute atomic E-state index is 2.41. The van der Waals surface area contributed by atoms with Crippen LogP contribution >= 0.6 is 0 Å². The molecule has 0 N–H and O–H groups in total. The third kappa shape index (κ3) is 2.67. The average molecular weight is 459 g/mol. The number of para-hydroxylation sites is 3. The lowest BCUT2D eigenvalue weighted by molar-refractivity contribution is 1.16. The largest absolute Gasteiger partial charge is 0.309 e. The minimum Gasteiger partial charge on any atom is -0.309 e. The predicted octanol–water partition coefficient (Wildman–Crippen LogP) is 9.03. The fraction of sp³-hybridized carbons (Fsp3) is 0. The highest BCUT2D eigenvalue weighted by Gasteiger charge is 2.16. The van der Waals surface area contributed by atoms with Crippen molar-refractivity contribution in [1.82, 2.24) is 9.13 Å². The van der Waals surface area contributed by atoms with Gasteiger partial charge in [-0.15, -0.1) is 0 Å². The van der Waals surface area contributed by atoms with Gasteiger partial charge >= 0.3 is 0 Å². The summed E-state index contributed by atoms with van der Waals surface area (Å²) in [5.41, 5.74) is 7.25. The molecule has 36 heavy (non-hydrogen) atoms. The topological polar surface area (TPSA) is 9.86 Å². The van der Waals surface area contributed by atoms with Gasteiger partial charge in [0.1, 0.15) is 0 Å². The molecule has 2 heterocycles. The van der Waals surface area contributed by atoms with Crippen molar-refractivity contribution in [2.24, 2.45) is 0 Å². The van der Waals surface area contributed by atoms with Crippen LogP contribution in [0.25, 0.3) is 65.8 Å². The number of hydrogen-bond donors (Lipinski definition) is 0. The fourth-order valence-corrected chi connectivity index (χ4v) is 5.89. The lowest BCUT2D eigenvalue weighted by atomic mass is 10.1. The Morgan fingerprint density at radius 2 is 0.750 bits per heavy atom. The van der Waals surface area contributed by atoms with E-state index in [9.17, 15) is 0 Å². The van der Waals surface area contributed by atoms with E-state index in [1.165, 1.54) is 65.8 Å². The van der Waals surface area contributed by atoms with E-state index in [1.807, 2.05) is 0 Å². The van der Waals surface area contributed by atoms with Crippen molar-refractivity contribution in [3.63, 3.8) is 0 Å². The summed E-state index contributed by atoms with van der Waals surface area (Å²) >= 11 is 0. The highest BCUT2D eigenvalue weighted by molar-refractivity contribution is 6.12. The monoisotopic (exact) mass is 458 g/mol. The summed E-state index contributed by atoms with van der Waals surface area (Å²) in [7, 11) is 0. The van der Waals surface area contributed by atoms with Crippen LogP contribution in [-0.4, -0.2) is 9.13 Å². The molecule has 0 aliphatic carbocycles. The Morgan fingerprint density at radius 1 is 0.306 bits per heavy atom. The zero-order chi connectivity index (χ0) is 23.6. The smallest absolute Gasteiger partial charge is 0.0561 e. The molecule has 0 aliphatic rings. The van der Waals surface area contributed by atoms with Crippen molar-refractivity contribution < 1.29 is 0 Å². The van der Waals surface area contributed by atoms with Crippen molar-refractivity contribution in [2.45, 2.75) is 0 Å².